The van der Waals surface area contributed by atoms with Gasteiger partial charge in [-0.25, -0.2) is 0 Å². The van der Waals surface area contributed by atoms with E-state index in [1.807, 2.05) is 7.05 Å². The van der Waals surface area contributed by atoms with Crippen LogP contribution in [0.2, 0.25) is 0 Å². The standard InChI is InChI=1S/C7H5F3O3S.C6H11NO/c8-7(9,10)14(11,12)13-6-4-2-1-3-5-6;1-7-5-3-2-4-6(7)8/h1-5H;2-5H2,1H3. The lowest BCUT2D eigenvalue weighted by Gasteiger charge is -2.21. The number of halogens is 3. The van der Waals surface area contributed by atoms with Crippen molar-refractivity contribution in [1.29, 1.82) is 0 Å². The Kier molecular flexibility index (Phi) is 6.21. The molecule has 1 aliphatic heterocycles. The highest BCUT2D eigenvalue weighted by molar-refractivity contribution is 7.87. The number of amides is 1. The number of rotatable bonds is 2. The van der Waals surface area contributed by atoms with Crippen molar-refractivity contribution in [3.63, 3.8) is 0 Å². The van der Waals surface area contributed by atoms with E-state index in [1.165, 1.54) is 24.6 Å². The molecule has 22 heavy (non-hydrogen) atoms. The fourth-order valence-electron chi connectivity index (χ4n) is 1.59. The summed E-state index contributed by atoms with van der Waals surface area (Å²) in [6.07, 6.45) is 3.03. The summed E-state index contributed by atoms with van der Waals surface area (Å²) in [5.74, 6) is -0.0684. The molecule has 0 atom stereocenters. The first kappa shape index (κ1) is 18.3. The first-order valence-corrected chi connectivity index (χ1v) is 7.84. The first-order valence-electron chi connectivity index (χ1n) is 6.43. The monoisotopic (exact) mass is 339 g/mol. The third-order valence-electron chi connectivity index (χ3n) is 2.79. The Morgan fingerprint density at radius 1 is 1.14 bits per heavy atom. The highest BCUT2D eigenvalue weighted by atomic mass is 32.2. The maximum absolute atomic E-state index is 11.8. The van der Waals surface area contributed by atoms with Gasteiger partial charge in [0.25, 0.3) is 0 Å². The van der Waals surface area contributed by atoms with Gasteiger partial charge in [-0.05, 0) is 25.0 Å². The van der Waals surface area contributed by atoms with Crippen molar-refractivity contribution < 1.29 is 30.6 Å². The number of piperidine rings is 1. The molecule has 9 heteroatoms. The minimum atomic E-state index is -5.55. The Bertz CT molecular complexity index is 587. The van der Waals surface area contributed by atoms with Crippen LogP contribution in [0.1, 0.15) is 19.3 Å². The van der Waals surface area contributed by atoms with Crippen LogP contribution in [0.3, 0.4) is 0 Å². The zero-order valence-electron chi connectivity index (χ0n) is 11.8. The molecule has 1 saturated heterocycles. The molecule has 0 unspecified atom stereocenters. The van der Waals surface area contributed by atoms with Crippen LogP contribution in [0.5, 0.6) is 5.75 Å². The molecule has 124 valence electrons. The quantitative estimate of drug-likeness (QED) is 0.614. The van der Waals surface area contributed by atoms with Crippen molar-refractivity contribution in [3.8, 4) is 5.75 Å². The maximum atomic E-state index is 11.8. The van der Waals surface area contributed by atoms with Gasteiger partial charge in [0, 0.05) is 20.0 Å². The predicted octanol–water partition coefficient (Wildman–Crippen LogP) is 2.54. The van der Waals surface area contributed by atoms with Gasteiger partial charge in [-0.15, -0.1) is 0 Å². The molecule has 0 radical (unpaired) electrons. The number of carbonyl (C=O) groups is 1. The zero-order chi connectivity index (χ0) is 16.8. The van der Waals surface area contributed by atoms with E-state index in [1.54, 1.807) is 4.90 Å². The minimum absolute atomic E-state index is 0.302. The average molecular weight is 339 g/mol. The van der Waals surface area contributed by atoms with Gasteiger partial charge in [0.1, 0.15) is 5.75 Å². The van der Waals surface area contributed by atoms with Crippen LogP contribution in [0.15, 0.2) is 30.3 Å². The van der Waals surface area contributed by atoms with E-state index in [2.05, 4.69) is 4.18 Å². The normalized spacial score (nSPS) is 15.8. The summed E-state index contributed by atoms with van der Waals surface area (Å²) in [5.41, 5.74) is -5.40. The van der Waals surface area contributed by atoms with E-state index in [4.69, 9.17) is 0 Å². The third-order valence-corrected chi connectivity index (χ3v) is 3.77. The molecule has 1 fully saturated rings. The summed E-state index contributed by atoms with van der Waals surface area (Å²) in [7, 11) is -3.69. The summed E-state index contributed by atoms with van der Waals surface area (Å²) >= 11 is 0. The van der Waals surface area contributed by atoms with Crippen LogP contribution in [0, 0.1) is 0 Å². The van der Waals surface area contributed by atoms with Crippen LogP contribution in [0.4, 0.5) is 13.2 Å². The molecule has 0 N–H and O–H groups in total. The number of likely N-dealkylation sites (tertiary alicyclic amines) is 1. The summed E-state index contributed by atoms with van der Waals surface area (Å²) < 4.78 is 60.2. The second-order valence-electron chi connectivity index (χ2n) is 4.57. The summed E-state index contributed by atoms with van der Waals surface area (Å²) in [4.78, 5) is 12.5. The summed E-state index contributed by atoms with van der Waals surface area (Å²) in [6, 6.07) is 6.47. The largest absolute Gasteiger partial charge is 0.534 e. The van der Waals surface area contributed by atoms with Crippen LogP contribution < -0.4 is 4.18 Å². The van der Waals surface area contributed by atoms with Gasteiger partial charge in [-0.3, -0.25) is 4.79 Å². The lowest BCUT2D eigenvalue weighted by atomic mass is 10.1. The Morgan fingerprint density at radius 3 is 2.14 bits per heavy atom. The average Bonchev–Trinajstić information content (AvgIpc) is 2.42. The van der Waals surface area contributed by atoms with Crippen molar-refractivity contribution in [2.75, 3.05) is 13.6 Å². The minimum Gasteiger partial charge on any atom is -0.376 e. The number of alkyl halides is 3. The number of carbonyl (C=O) groups excluding carboxylic acids is 1. The van der Waals surface area contributed by atoms with Gasteiger partial charge in [0.15, 0.2) is 0 Å². The number of para-hydroxylation sites is 1. The molecule has 0 spiro atoms. The summed E-state index contributed by atoms with van der Waals surface area (Å²) in [5, 5.41) is 0. The fraction of sp³-hybridized carbons (Fsp3) is 0.462. The second-order valence-corrected chi connectivity index (χ2v) is 6.11. The maximum Gasteiger partial charge on any atom is 0.534 e. The van der Waals surface area contributed by atoms with Gasteiger partial charge in [0.05, 0.1) is 0 Å². The topological polar surface area (TPSA) is 63.7 Å². The SMILES string of the molecule is CN1CCCCC1=O.O=S(=O)(Oc1ccccc1)C(F)(F)F. The van der Waals surface area contributed by atoms with Crippen molar-refractivity contribution in [2.45, 2.75) is 24.8 Å². The lowest BCUT2D eigenvalue weighted by molar-refractivity contribution is -0.131. The van der Waals surface area contributed by atoms with Crippen LogP contribution in [-0.4, -0.2) is 38.3 Å². The van der Waals surface area contributed by atoms with Gasteiger partial charge in [-0.1, -0.05) is 18.2 Å². The zero-order valence-corrected chi connectivity index (χ0v) is 12.7. The lowest BCUT2D eigenvalue weighted by Crippen LogP contribution is -2.31. The number of hydrogen-bond acceptors (Lipinski definition) is 4. The Labute approximate surface area is 126 Å². The van der Waals surface area contributed by atoms with Crippen LogP contribution >= 0.6 is 0 Å². The van der Waals surface area contributed by atoms with E-state index in [0.717, 1.165) is 31.5 Å². The molecule has 1 aromatic carbocycles. The van der Waals surface area contributed by atoms with Crippen molar-refractivity contribution in [1.82, 2.24) is 4.90 Å². The van der Waals surface area contributed by atoms with Crippen LogP contribution in [-0.2, 0) is 14.9 Å². The molecule has 0 bridgehead atoms. The number of hydrogen-bond donors (Lipinski definition) is 0. The van der Waals surface area contributed by atoms with E-state index in [9.17, 15) is 26.4 Å². The van der Waals surface area contributed by atoms with Gasteiger partial charge >= 0.3 is 15.6 Å². The molecule has 1 heterocycles. The van der Waals surface area contributed by atoms with E-state index in [0.29, 0.717) is 5.91 Å². The molecular formula is C13H16F3NO4S. The molecule has 2 rings (SSSR count). The Hall–Kier alpha value is -1.77. The highest BCUT2D eigenvalue weighted by Gasteiger charge is 2.48. The molecule has 0 aromatic heterocycles. The smallest absolute Gasteiger partial charge is 0.376 e. The van der Waals surface area contributed by atoms with Crippen molar-refractivity contribution in [2.24, 2.45) is 0 Å². The highest BCUT2D eigenvalue weighted by Crippen LogP contribution is 2.26. The number of benzene rings is 1. The van der Waals surface area contributed by atoms with Crippen molar-refractivity contribution >= 4 is 16.0 Å². The molecular weight excluding hydrogens is 323 g/mol. The van der Waals surface area contributed by atoms with Crippen LogP contribution in [0.25, 0.3) is 0 Å². The van der Waals surface area contributed by atoms with Gasteiger partial charge < -0.3 is 9.08 Å². The first-order chi connectivity index (χ1) is 10.1. The Morgan fingerprint density at radius 2 is 1.73 bits per heavy atom. The van der Waals surface area contributed by atoms with Gasteiger partial charge in [0.2, 0.25) is 5.91 Å². The molecule has 1 aromatic rings. The molecule has 0 aliphatic carbocycles. The van der Waals surface area contributed by atoms with Gasteiger partial charge in [-0.2, -0.15) is 21.6 Å². The molecule has 1 aliphatic rings. The Balaban J connectivity index is 0.000000255. The third kappa shape index (κ3) is 5.55. The second kappa shape index (κ2) is 7.48. The fourth-order valence-corrected chi connectivity index (χ4v) is 2.05. The molecule has 1 amide bonds. The van der Waals surface area contributed by atoms with Crippen molar-refractivity contribution in [3.05, 3.63) is 30.3 Å². The number of nitrogens with zero attached hydrogens (tertiary/aromatic N) is 1. The summed E-state index contributed by atoms with van der Waals surface area (Å²) in [6.45, 7) is 0.957. The molecule has 0 saturated carbocycles. The predicted molar refractivity (Wildman–Crippen MR) is 73.5 cm³/mol. The molecule has 5 nitrogen and oxygen atoms in total. The van der Waals surface area contributed by atoms with E-state index < -0.39 is 15.6 Å². The van der Waals surface area contributed by atoms with E-state index >= 15 is 0 Å². The van der Waals surface area contributed by atoms with E-state index in [-0.39, 0.29) is 5.75 Å².